The molecule has 3 unspecified atom stereocenters. The van der Waals surface area contributed by atoms with Crippen LogP contribution in [0.3, 0.4) is 0 Å². The van der Waals surface area contributed by atoms with Crippen molar-refractivity contribution in [1.29, 1.82) is 0 Å². The van der Waals surface area contributed by atoms with E-state index in [1.54, 1.807) is 11.1 Å². The van der Waals surface area contributed by atoms with Gasteiger partial charge in [0.05, 0.1) is 0 Å². The van der Waals surface area contributed by atoms with Crippen molar-refractivity contribution >= 4 is 12.4 Å². The van der Waals surface area contributed by atoms with Crippen LogP contribution in [0.4, 0.5) is 0 Å². The normalized spacial score (nSPS) is 27.8. The molecule has 2 aliphatic heterocycles. The van der Waals surface area contributed by atoms with E-state index in [9.17, 15) is 0 Å². The summed E-state index contributed by atoms with van der Waals surface area (Å²) < 4.78 is 0. The van der Waals surface area contributed by atoms with Crippen molar-refractivity contribution in [2.45, 2.75) is 58.2 Å². The highest BCUT2D eigenvalue weighted by molar-refractivity contribution is 5.85. The highest BCUT2D eigenvalue weighted by Gasteiger charge is 2.43. The molecule has 0 saturated carbocycles. The summed E-state index contributed by atoms with van der Waals surface area (Å²) in [6.45, 7) is 7.11. The van der Waals surface area contributed by atoms with Crippen molar-refractivity contribution in [3.63, 3.8) is 0 Å². The van der Waals surface area contributed by atoms with Gasteiger partial charge in [0.15, 0.2) is 0 Å². The van der Waals surface area contributed by atoms with Crippen LogP contribution in [-0.4, -0.2) is 10.9 Å². The Bertz CT molecular complexity index is 384. The van der Waals surface area contributed by atoms with Gasteiger partial charge in [0.25, 0.3) is 0 Å². The minimum atomic E-state index is 0. The minimum Gasteiger partial charge on any atom is -0.286 e. The van der Waals surface area contributed by atoms with Gasteiger partial charge in [-0.3, -0.25) is 4.90 Å². The third-order valence-electron chi connectivity index (χ3n) is 4.82. The first kappa shape index (κ1) is 13.9. The third-order valence-corrected chi connectivity index (χ3v) is 4.82. The molecule has 18 heavy (non-hydrogen) atoms. The molecule has 1 fully saturated rings. The molecular weight excluding hydrogens is 242 g/mol. The van der Waals surface area contributed by atoms with E-state index < -0.39 is 0 Å². The van der Waals surface area contributed by atoms with Gasteiger partial charge in [0.1, 0.15) is 0 Å². The van der Waals surface area contributed by atoms with Crippen molar-refractivity contribution in [2.75, 3.05) is 0 Å². The van der Waals surface area contributed by atoms with Gasteiger partial charge in [-0.15, -0.1) is 12.4 Å². The van der Waals surface area contributed by atoms with Crippen LogP contribution in [0.5, 0.6) is 0 Å². The largest absolute Gasteiger partial charge is 0.286 e. The molecule has 0 radical (unpaired) electrons. The number of piperidine rings is 1. The van der Waals surface area contributed by atoms with E-state index in [4.69, 9.17) is 0 Å². The quantitative estimate of drug-likeness (QED) is 0.747. The molecule has 1 aromatic rings. The maximum absolute atomic E-state index is 2.79. The second-order valence-corrected chi connectivity index (χ2v) is 6.02. The molecule has 2 heteroatoms. The first-order chi connectivity index (χ1) is 8.20. The van der Waals surface area contributed by atoms with Crippen molar-refractivity contribution in [2.24, 2.45) is 5.92 Å². The summed E-state index contributed by atoms with van der Waals surface area (Å²) in [5.74, 6) is 0.743. The Morgan fingerprint density at radius 2 is 1.50 bits per heavy atom. The number of fused-ring (bicyclic) bond motifs is 5. The van der Waals surface area contributed by atoms with Gasteiger partial charge < -0.3 is 0 Å². The van der Waals surface area contributed by atoms with Crippen LogP contribution in [0.1, 0.15) is 63.2 Å². The van der Waals surface area contributed by atoms with E-state index in [1.807, 2.05) is 0 Å². The third kappa shape index (κ3) is 1.98. The lowest BCUT2D eigenvalue weighted by atomic mass is 9.94. The van der Waals surface area contributed by atoms with Crippen molar-refractivity contribution in [1.82, 2.24) is 4.90 Å². The Morgan fingerprint density at radius 1 is 1.00 bits per heavy atom. The summed E-state index contributed by atoms with van der Waals surface area (Å²) >= 11 is 0. The van der Waals surface area contributed by atoms with Crippen LogP contribution in [-0.2, 0) is 0 Å². The lowest BCUT2D eigenvalue weighted by Crippen LogP contribution is -2.40. The average molecular weight is 266 g/mol. The summed E-state index contributed by atoms with van der Waals surface area (Å²) in [6.07, 6.45) is 4.10. The smallest absolute Gasteiger partial charge is 0.0360 e. The summed E-state index contributed by atoms with van der Waals surface area (Å²) in [7, 11) is 0. The van der Waals surface area contributed by atoms with Crippen LogP contribution in [0.2, 0.25) is 0 Å². The zero-order valence-electron chi connectivity index (χ0n) is 11.6. The number of hydrogen-bond donors (Lipinski definition) is 0. The fourth-order valence-electron chi connectivity index (χ4n) is 3.68. The van der Waals surface area contributed by atoms with Gasteiger partial charge in [0, 0.05) is 18.1 Å². The van der Waals surface area contributed by atoms with Gasteiger partial charge in [0.2, 0.25) is 0 Å². The maximum atomic E-state index is 2.79. The van der Waals surface area contributed by atoms with Crippen molar-refractivity contribution in [3.8, 4) is 0 Å². The average Bonchev–Trinajstić information content (AvgIpc) is 2.53. The molecule has 100 valence electrons. The molecule has 0 spiro atoms. The molecule has 0 amide bonds. The number of halogens is 1. The molecule has 2 heterocycles. The molecule has 0 N–H and O–H groups in total. The Hall–Kier alpha value is -0.530. The Morgan fingerprint density at radius 3 is 1.94 bits per heavy atom. The van der Waals surface area contributed by atoms with Crippen LogP contribution in [0.15, 0.2) is 24.3 Å². The van der Waals surface area contributed by atoms with Crippen LogP contribution < -0.4 is 0 Å². The molecule has 3 rings (SSSR count). The van der Waals surface area contributed by atoms with Crippen molar-refractivity contribution in [3.05, 3.63) is 35.4 Å². The zero-order chi connectivity index (χ0) is 12.0. The number of nitrogens with zero attached hydrogens (tertiary/aromatic N) is 1. The molecule has 0 aromatic heterocycles. The number of benzene rings is 1. The van der Waals surface area contributed by atoms with E-state index in [-0.39, 0.29) is 12.4 Å². The minimum absolute atomic E-state index is 0. The Labute approximate surface area is 117 Å². The van der Waals surface area contributed by atoms with Gasteiger partial charge >= 0.3 is 0 Å². The SMILES string of the molecule is CC(C)C(C)N1C2CCCC1c1ccccc12.Cl. The predicted molar refractivity (Wildman–Crippen MR) is 79.2 cm³/mol. The standard InChI is InChI=1S/C16H23N.ClH/c1-11(2)12(3)17-15-9-6-10-16(17)14-8-5-4-7-13(14)15;/h4-5,7-8,11-12,15-16H,6,9-10H2,1-3H3;1H. The topological polar surface area (TPSA) is 3.24 Å². The predicted octanol–water partition coefficient (Wildman–Crippen LogP) is 4.73. The van der Waals surface area contributed by atoms with Gasteiger partial charge in [-0.2, -0.15) is 0 Å². The lowest BCUT2D eigenvalue weighted by molar-refractivity contribution is 0.0453. The van der Waals surface area contributed by atoms with E-state index in [0.717, 1.165) is 5.92 Å². The van der Waals surface area contributed by atoms with Crippen LogP contribution >= 0.6 is 12.4 Å². The van der Waals surface area contributed by atoms with Gasteiger partial charge in [-0.05, 0) is 43.2 Å². The van der Waals surface area contributed by atoms with E-state index in [2.05, 4.69) is 49.9 Å². The zero-order valence-corrected chi connectivity index (χ0v) is 12.4. The first-order valence-electron chi connectivity index (χ1n) is 7.06. The van der Waals surface area contributed by atoms with Gasteiger partial charge in [-0.25, -0.2) is 0 Å². The molecule has 3 atom stereocenters. The highest BCUT2D eigenvalue weighted by atomic mass is 35.5. The van der Waals surface area contributed by atoms with Crippen molar-refractivity contribution < 1.29 is 0 Å². The number of hydrogen-bond acceptors (Lipinski definition) is 1. The summed E-state index contributed by atoms with van der Waals surface area (Å²) in [6, 6.07) is 11.2. The molecule has 2 bridgehead atoms. The van der Waals surface area contributed by atoms with E-state index in [0.29, 0.717) is 18.1 Å². The molecule has 0 aliphatic carbocycles. The Kier molecular flexibility index (Phi) is 4.03. The Balaban J connectivity index is 0.00000120. The molecular formula is C16H24ClN. The van der Waals surface area contributed by atoms with Gasteiger partial charge in [-0.1, -0.05) is 38.1 Å². The molecule has 1 aromatic carbocycles. The van der Waals surface area contributed by atoms with E-state index in [1.165, 1.54) is 19.3 Å². The summed E-state index contributed by atoms with van der Waals surface area (Å²) in [4.78, 5) is 2.79. The monoisotopic (exact) mass is 265 g/mol. The summed E-state index contributed by atoms with van der Waals surface area (Å²) in [5, 5.41) is 0. The summed E-state index contributed by atoms with van der Waals surface area (Å²) in [5.41, 5.74) is 3.23. The molecule has 1 nitrogen and oxygen atoms in total. The maximum Gasteiger partial charge on any atom is 0.0360 e. The first-order valence-corrected chi connectivity index (χ1v) is 7.06. The fraction of sp³-hybridized carbons (Fsp3) is 0.625. The van der Waals surface area contributed by atoms with E-state index >= 15 is 0 Å². The highest BCUT2D eigenvalue weighted by Crippen LogP contribution is 2.52. The number of rotatable bonds is 2. The van der Waals surface area contributed by atoms with Crippen LogP contribution in [0, 0.1) is 5.92 Å². The molecule has 1 saturated heterocycles. The second kappa shape index (κ2) is 5.22. The lowest BCUT2D eigenvalue weighted by Gasteiger charge is -2.41. The second-order valence-electron chi connectivity index (χ2n) is 6.02. The fourth-order valence-corrected chi connectivity index (χ4v) is 3.68. The van der Waals surface area contributed by atoms with Crippen LogP contribution in [0.25, 0.3) is 0 Å². The molecule has 2 aliphatic rings.